The van der Waals surface area contributed by atoms with Crippen molar-refractivity contribution >= 4 is 23.5 Å². The molecule has 1 atom stereocenters. The standard InChI is InChI=1S/C17H13ClF2N2O2/c1-17(11-3-6-12(19)7-4-11)15(23)22(16(24)21-17)9-10-2-5-13(20)8-14(10)18/h2-8H,9H2,1H3,(H,21,24). The predicted octanol–water partition coefficient (Wildman–Crippen LogP) is 3.59. The molecular formula is C17H13ClF2N2O2. The summed E-state index contributed by atoms with van der Waals surface area (Å²) in [5.74, 6) is -1.43. The summed E-state index contributed by atoms with van der Waals surface area (Å²) in [5, 5.41) is 2.75. The first-order chi connectivity index (χ1) is 11.3. The molecule has 124 valence electrons. The van der Waals surface area contributed by atoms with Crippen LogP contribution < -0.4 is 5.32 Å². The summed E-state index contributed by atoms with van der Waals surface area (Å²) in [6.07, 6.45) is 0. The summed E-state index contributed by atoms with van der Waals surface area (Å²) < 4.78 is 26.2. The van der Waals surface area contributed by atoms with Gasteiger partial charge in [-0.05, 0) is 42.3 Å². The lowest BCUT2D eigenvalue weighted by molar-refractivity contribution is -0.131. The molecule has 4 nitrogen and oxygen atoms in total. The van der Waals surface area contributed by atoms with E-state index in [0.717, 1.165) is 11.0 Å². The van der Waals surface area contributed by atoms with Gasteiger partial charge in [0.2, 0.25) is 0 Å². The van der Waals surface area contributed by atoms with E-state index in [0.29, 0.717) is 11.1 Å². The maximum Gasteiger partial charge on any atom is 0.325 e. The van der Waals surface area contributed by atoms with E-state index in [2.05, 4.69) is 5.32 Å². The molecule has 2 aromatic carbocycles. The highest BCUT2D eigenvalue weighted by molar-refractivity contribution is 6.31. The highest BCUT2D eigenvalue weighted by Gasteiger charge is 2.48. The van der Waals surface area contributed by atoms with E-state index in [9.17, 15) is 18.4 Å². The van der Waals surface area contributed by atoms with Crippen LogP contribution in [0.3, 0.4) is 0 Å². The summed E-state index contributed by atoms with van der Waals surface area (Å²) in [7, 11) is 0. The number of nitrogens with zero attached hydrogens (tertiary/aromatic N) is 1. The van der Waals surface area contributed by atoms with Crippen molar-refractivity contribution in [1.82, 2.24) is 10.2 Å². The van der Waals surface area contributed by atoms with Crippen molar-refractivity contribution in [2.75, 3.05) is 0 Å². The SMILES string of the molecule is CC1(c2ccc(F)cc2)NC(=O)N(Cc2ccc(F)cc2Cl)C1=O. The molecule has 0 bridgehead atoms. The smallest absolute Gasteiger partial charge is 0.319 e. The van der Waals surface area contributed by atoms with Crippen molar-refractivity contribution in [2.45, 2.75) is 19.0 Å². The Morgan fingerprint density at radius 2 is 1.71 bits per heavy atom. The molecule has 3 rings (SSSR count). The number of hydrogen-bond acceptors (Lipinski definition) is 2. The molecule has 3 amide bonds. The number of halogens is 3. The van der Waals surface area contributed by atoms with Gasteiger partial charge in [0.1, 0.15) is 17.2 Å². The maximum absolute atomic E-state index is 13.1. The number of imide groups is 1. The number of carbonyl (C=O) groups excluding carboxylic acids is 2. The minimum Gasteiger partial charge on any atom is -0.319 e. The molecule has 0 radical (unpaired) electrons. The molecule has 1 aliphatic heterocycles. The Morgan fingerprint density at radius 1 is 1.08 bits per heavy atom. The molecule has 1 aliphatic rings. The lowest BCUT2D eigenvalue weighted by Gasteiger charge is -2.22. The average Bonchev–Trinajstić information content (AvgIpc) is 2.74. The molecule has 1 saturated heterocycles. The van der Waals surface area contributed by atoms with Crippen LogP contribution in [0.5, 0.6) is 0 Å². The maximum atomic E-state index is 13.1. The largest absolute Gasteiger partial charge is 0.325 e. The lowest BCUT2D eigenvalue weighted by Crippen LogP contribution is -2.40. The second kappa shape index (κ2) is 5.87. The summed E-state index contributed by atoms with van der Waals surface area (Å²) in [6.45, 7) is 1.47. The van der Waals surface area contributed by atoms with Crippen LogP contribution in [-0.2, 0) is 16.9 Å². The Kier molecular flexibility index (Phi) is 4.01. The van der Waals surface area contributed by atoms with Crippen molar-refractivity contribution in [1.29, 1.82) is 0 Å². The number of benzene rings is 2. The van der Waals surface area contributed by atoms with Crippen LogP contribution in [0.1, 0.15) is 18.1 Å². The van der Waals surface area contributed by atoms with Gasteiger partial charge < -0.3 is 5.32 Å². The summed E-state index contributed by atoms with van der Waals surface area (Å²) >= 11 is 5.96. The van der Waals surface area contributed by atoms with E-state index in [1.54, 1.807) is 6.92 Å². The van der Waals surface area contributed by atoms with E-state index in [-0.39, 0.29) is 11.6 Å². The highest BCUT2D eigenvalue weighted by Crippen LogP contribution is 2.31. The molecule has 2 aromatic rings. The highest BCUT2D eigenvalue weighted by atomic mass is 35.5. The van der Waals surface area contributed by atoms with Crippen LogP contribution >= 0.6 is 11.6 Å². The third-order valence-electron chi connectivity index (χ3n) is 4.04. The fourth-order valence-electron chi connectivity index (χ4n) is 2.64. The van der Waals surface area contributed by atoms with Crippen LogP contribution in [0.15, 0.2) is 42.5 Å². The summed E-state index contributed by atoms with van der Waals surface area (Å²) in [5.41, 5.74) is -0.378. The molecule has 0 spiro atoms. The molecule has 1 N–H and O–H groups in total. The van der Waals surface area contributed by atoms with Gasteiger partial charge in [0.25, 0.3) is 5.91 Å². The Hall–Kier alpha value is -2.47. The number of urea groups is 1. The van der Waals surface area contributed by atoms with Crippen molar-refractivity contribution < 1.29 is 18.4 Å². The van der Waals surface area contributed by atoms with E-state index in [1.165, 1.54) is 36.4 Å². The molecule has 0 saturated carbocycles. The molecule has 7 heteroatoms. The first kappa shape index (κ1) is 16.4. The van der Waals surface area contributed by atoms with E-state index in [1.807, 2.05) is 0 Å². The minimum absolute atomic E-state index is 0.0828. The van der Waals surface area contributed by atoms with Crippen molar-refractivity contribution in [3.05, 3.63) is 70.2 Å². The van der Waals surface area contributed by atoms with Gasteiger partial charge in [-0.15, -0.1) is 0 Å². The topological polar surface area (TPSA) is 49.4 Å². The fraction of sp³-hybridized carbons (Fsp3) is 0.176. The van der Waals surface area contributed by atoms with Crippen LogP contribution in [0.2, 0.25) is 5.02 Å². The molecular weight excluding hydrogens is 338 g/mol. The van der Waals surface area contributed by atoms with Crippen molar-refractivity contribution in [3.63, 3.8) is 0 Å². The quantitative estimate of drug-likeness (QED) is 0.860. The molecule has 0 aromatic heterocycles. The van der Waals surface area contributed by atoms with Crippen LogP contribution in [0.4, 0.5) is 13.6 Å². The first-order valence-corrected chi connectivity index (χ1v) is 7.53. The first-order valence-electron chi connectivity index (χ1n) is 7.15. The second-order valence-electron chi connectivity index (χ2n) is 5.69. The van der Waals surface area contributed by atoms with Gasteiger partial charge in [-0.1, -0.05) is 29.8 Å². The molecule has 24 heavy (non-hydrogen) atoms. The van der Waals surface area contributed by atoms with Crippen LogP contribution in [-0.4, -0.2) is 16.8 Å². The second-order valence-corrected chi connectivity index (χ2v) is 6.10. The van der Waals surface area contributed by atoms with Crippen molar-refractivity contribution in [2.24, 2.45) is 0 Å². The van der Waals surface area contributed by atoms with Crippen LogP contribution in [0, 0.1) is 11.6 Å². The fourth-order valence-corrected chi connectivity index (χ4v) is 2.87. The Balaban J connectivity index is 1.90. The number of nitrogens with one attached hydrogen (secondary N) is 1. The van der Waals surface area contributed by atoms with Gasteiger partial charge in [-0.25, -0.2) is 13.6 Å². The number of amides is 3. The van der Waals surface area contributed by atoms with E-state index in [4.69, 9.17) is 11.6 Å². The van der Waals surface area contributed by atoms with Crippen LogP contribution in [0.25, 0.3) is 0 Å². The molecule has 0 aliphatic carbocycles. The normalized spacial score (nSPS) is 20.4. The average molecular weight is 351 g/mol. The Morgan fingerprint density at radius 3 is 2.33 bits per heavy atom. The monoisotopic (exact) mass is 350 g/mol. The Bertz CT molecular complexity index is 826. The van der Waals surface area contributed by atoms with Gasteiger partial charge in [0.15, 0.2) is 0 Å². The van der Waals surface area contributed by atoms with E-state index < -0.39 is 29.1 Å². The van der Waals surface area contributed by atoms with E-state index >= 15 is 0 Å². The summed E-state index contributed by atoms with van der Waals surface area (Å²) in [4.78, 5) is 26.0. The Labute approximate surface area is 142 Å². The van der Waals surface area contributed by atoms with Gasteiger partial charge >= 0.3 is 6.03 Å². The molecule has 1 fully saturated rings. The minimum atomic E-state index is -1.29. The predicted molar refractivity (Wildman–Crippen MR) is 84.2 cm³/mol. The number of hydrogen-bond donors (Lipinski definition) is 1. The lowest BCUT2D eigenvalue weighted by atomic mass is 9.92. The zero-order chi connectivity index (χ0) is 17.5. The zero-order valence-corrected chi connectivity index (χ0v) is 13.4. The van der Waals surface area contributed by atoms with Gasteiger partial charge in [-0.3, -0.25) is 9.69 Å². The van der Waals surface area contributed by atoms with Crippen molar-refractivity contribution in [3.8, 4) is 0 Å². The van der Waals surface area contributed by atoms with Gasteiger partial charge in [0, 0.05) is 5.02 Å². The number of carbonyl (C=O) groups is 2. The zero-order valence-electron chi connectivity index (χ0n) is 12.6. The van der Waals surface area contributed by atoms with Gasteiger partial charge in [0.05, 0.1) is 6.54 Å². The third-order valence-corrected chi connectivity index (χ3v) is 4.39. The summed E-state index contributed by atoms with van der Waals surface area (Å²) in [6, 6.07) is 8.49. The van der Waals surface area contributed by atoms with Gasteiger partial charge in [-0.2, -0.15) is 0 Å². The molecule has 1 heterocycles. The third kappa shape index (κ3) is 2.73. The number of rotatable bonds is 3. The molecule has 1 unspecified atom stereocenters.